The molecule has 4 heteroatoms. The Morgan fingerprint density at radius 2 is 2.20 bits per heavy atom. The van der Waals surface area contributed by atoms with Gasteiger partial charge in [0, 0.05) is 25.4 Å². The fraction of sp³-hybridized carbons (Fsp3) is 0.545. The number of nitrogens with two attached hydrogens (primary N) is 1. The van der Waals surface area contributed by atoms with Crippen molar-refractivity contribution in [3.8, 4) is 5.88 Å². The largest absolute Gasteiger partial charge is 0.472 e. The minimum Gasteiger partial charge on any atom is -0.472 e. The van der Waals surface area contributed by atoms with E-state index in [1.807, 2.05) is 26.0 Å². The minimum absolute atomic E-state index is 0.00470. The summed E-state index contributed by atoms with van der Waals surface area (Å²) in [6.45, 7) is 4.91. The molecule has 1 unspecified atom stereocenters. The SMILES string of the molecule is COCC(C)Oc1cc(CN)cc(C)n1. The van der Waals surface area contributed by atoms with Crippen LogP contribution in [0.15, 0.2) is 12.1 Å². The first kappa shape index (κ1) is 11.9. The molecule has 84 valence electrons. The van der Waals surface area contributed by atoms with Crippen LogP contribution >= 0.6 is 0 Å². The first-order chi connectivity index (χ1) is 7.15. The standard InChI is InChI=1S/C11H18N2O2/c1-8-4-10(6-12)5-11(13-8)15-9(2)7-14-3/h4-5,9H,6-7,12H2,1-3H3. The van der Waals surface area contributed by atoms with E-state index in [-0.39, 0.29) is 6.10 Å². The van der Waals surface area contributed by atoms with Gasteiger partial charge < -0.3 is 15.2 Å². The number of rotatable bonds is 5. The van der Waals surface area contributed by atoms with Crippen molar-refractivity contribution in [1.82, 2.24) is 4.98 Å². The summed E-state index contributed by atoms with van der Waals surface area (Å²) in [5.41, 5.74) is 7.51. The lowest BCUT2D eigenvalue weighted by Gasteiger charge is -2.13. The van der Waals surface area contributed by atoms with Crippen LogP contribution in [0.1, 0.15) is 18.2 Å². The number of aryl methyl sites for hydroxylation is 1. The van der Waals surface area contributed by atoms with Gasteiger partial charge in [0.15, 0.2) is 0 Å². The van der Waals surface area contributed by atoms with Gasteiger partial charge in [-0.3, -0.25) is 0 Å². The van der Waals surface area contributed by atoms with E-state index in [0.717, 1.165) is 11.3 Å². The second kappa shape index (κ2) is 5.68. The molecular formula is C11H18N2O2. The van der Waals surface area contributed by atoms with E-state index in [4.69, 9.17) is 15.2 Å². The van der Waals surface area contributed by atoms with Gasteiger partial charge in [-0.15, -0.1) is 0 Å². The van der Waals surface area contributed by atoms with E-state index in [1.54, 1.807) is 7.11 Å². The number of pyridine rings is 1. The molecule has 1 aromatic rings. The van der Waals surface area contributed by atoms with Gasteiger partial charge in [0.1, 0.15) is 6.10 Å². The molecule has 0 saturated carbocycles. The van der Waals surface area contributed by atoms with Crippen molar-refractivity contribution in [3.05, 3.63) is 23.4 Å². The molecule has 0 aliphatic heterocycles. The maximum absolute atomic E-state index is 5.59. The molecule has 4 nitrogen and oxygen atoms in total. The summed E-state index contributed by atoms with van der Waals surface area (Å²) in [5.74, 6) is 0.611. The van der Waals surface area contributed by atoms with Crippen molar-refractivity contribution in [3.63, 3.8) is 0 Å². The Hall–Kier alpha value is -1.13. The fourth-order valence-electron chi connectivity index (χ4n) is 1.36. The van der Waals surface area contributed by atoms with Gasteiger partial charge in [-0.1, -0.05) is 0 Å². The number of ether oxygens (including phenoxy) is 2. The normalized spacial score (nSPS) is 12.5. The molecule has 15 heavy (non-hydrogen) atoms. The van der Waals surface area contributed by atoms with Crippen LogP contribution in [0.5, 0.6) is 5.88 Å². The van der Waals surface area contributed by atoms with E-state index in [0.29, 0.717) is 19.0 Å². The summed E-state index contributed by atoms with van der Waals surface area (Å²) in [6, 6.07) is 3.81. The predicted molar refractivity (Wildman–Crippen MR) is 58.8 cm³/mol. The number of nitrogens with zero attached hydrogens (tertiary/aromatic N) is 1. The highest BCUT2D eigenvalue weighted by atomic mass is 16.5. The third-order valence-corrected chi connectivity index (χ3v) is 1.95. The van der Waals surface area contributed by atoms with Gasteiger partial charge in [0.05, 0.1) is 6.61 Å². The zero-order valence-electron chi connectivity index (χ0n) is 9.49. The van der Waals surface area contributed by atoms with E-state index >= 15 is 0 Å². The van der Waals surface area contributed by atoms with Crippen molar-refractivity contribution in [2.75, 3.05) is 13.7 Å². The molecule has 1 atom stereocenters. The summed E-state index contributed by atoms with van der Waals surface area (Å²) in [4.78, 5) is 4.27. The fourth-order valence-corrected chi connectivity index (χ4v) is 1.36. The zero-order chi connectivity index (χ0) is 11.3. The van der Waals surface area contributed by atoms with Crippen LogP contribution < -0.4 is 10.5 Å². The summed E-state index contributed by atoms with van der Waals surface area (Å²) in [6.07, 6.45) is -0.00470. The lowest BCUT2D eigenvalue weighted by Crippen LogP contribution is -2.19. The number of hydrogen-bond donors (Lipinski definition) is 1. The van der Waals surface area contributed by atoms with Crippen molar-refractivity contribution in [2.24, 2.45) is 5.73 Å². The van der Waals surface area contributed by atoms with Crippen LogP contribution in [0.3, 0.4) is 0 Å². The topological polar surface area (TPSA) is 57.4 Å². The van der Waals surface area contributed by atoms with Crippen molar-refractivity contribution in [2.45, 2.75) is 26.5 Å². The molecule has 0 aliphatic rings. The molecule has 1 heterocycles. The lowest BCUT2D eigenvalue weighted by molar-refractivity contribution is 0.0888. The second-order valence-corrected chi connectivity index (χ2v) is 3.54. The molecular weight excluding hydrogens is 192 g/mol. The quantitative estimate of drug-likeness (QED) is 0.795. The summed E-state index contributed by atoms with van der Waals surface area (Å²) in [5, 5.41) is 0. The van der Waals surface area contributed by atoms with E-state index in [2.05, 4.69) is 4.98 Å². The summed E-state index contributed by atoms with van der Waals surface area (Å²) >= 11 is 0. The van der Waals surface area contributed by atoms with Gasteiger partial charge in [-0.05, 0) is 25.5 Å². The first-order valence-electron chi connectivity index (χ1n) is 4.99. The molecule has 0 aromatic carbocycles. The zero-order valence-corrected chi connectivity index (χ0v) is 9.49. The maximum Gasteiger partial charge on any atom is 0.214 e. The van der Waals surface area contributed by atoms with Gasteiger partial charge in [-0.2, -0.15) is 0 Å². The average Bonchev–Trinajstić information content (AvgIpc) is 2.17. The summed E-state index contributed by atoms with van der Waals surface area (Å²) < 4.78 is 10.6. The van der Waals surface area contributed by atoms with Crippen molar-refractivity contribution < 1.29 is 9.47 Å². The van der Waals surface area contributed by atoms with Gasteiger partial charge in [0.2, 0.25) is 5.88 Å². The van der Waals surface area contributed by atoms with Crippen molar-refractivity contribution >= 4 is 0 Å². The molecule has 1 rings (SSSR count). The van der Waals surface area contributed by atoms with Gasteiger partial charge in [0.25, 0.3) is 0 Å². The van der Waals surface area contributed by atoms with Crippen LogP contribution in [-0.2, 0) is 11.3 Å². The Morgan fingerprint density at radius 1 is 1.47 bits per heavy atom. The smallest absolute Gasteiger partial charge is 0.214 e. The first-order valence-corrected chi connectivity index (χ1v) is 4.99. The van der Waals surface area contributed by atoms with Crippen LogP contribution in [0.4, 0.5) is 0 Å². The summed E-state index contributed by atoms with van der Waals surface area (Å²) in [7, 11) is 1.65. The third kappa shape index (κ3) is 3.85. The molecule has 0 aliphatic carbocycles. The lowest BCUT2D eigenvalue weighted by atomic mass is 10.2. The highest BCUT2D eigenvalue weighted by Gasteiger charge is 2.05. The van der Waals surface area contributed by atoms with Crippen LogP contribution in [0.2, 0.25) is 0 Å². The van der Waals surface area contributed by atoms with E-state index in [1.165, 1.54) is 0 Å². The molecule has 0 fully saturated rings. The van der Waals surface area contributed by atoms with Crippen LogP contribution in [0.25, 0.3) is 0 Å². The maximum atomic E-state index is 5.59. The number of methoxy groups -OCH3 is 1. The van der Waals surface area contributed by atoms with E-state index in [9.17, 15) is 0 Å². The number of aromatic nitrogens is 1. The molecule has 1 aromatic heterocycles. The van der Waals surface area contributed by atoms with Gasteiger partial charge in [-0.25, -0.2) is 4.98 Å². The van der Waals surface area contributed by atoms with E-state index < -0.39 is 0 Å². The Morgan fingerprint density at radius 3 is 2.80 bits per heavy atom. The predicted octanol–water partition coefficient (Wildman–Crippen LogP) is 1.26. The molecule has 0 radical (unpaired) electrons. The molecule has 0 amide bonds. The average molecular weight is 210 g/mol. The minimum atomic E-state index is -0.00470. The Kier molecular flexibility index (Phi) is 4.52. The molecule has 2 N–H and O–H groups in total. The Labute approximate surface area is 90.4 Å². The second-order valence-electron chi connectivity index (χ2n) is 3.54. The van der Waals surface area contributed by atoms with Crippen molar-refractivity contribution in [1.29, 1.82) is 0 Å². The molecule has 0 spiro atoms. The molecule has 0 bridgehead atoms. The van der Waals surface area contributed by atoms with Gasteiger partial charge >= 0.3 is 0 Å². The van der Waals surface area contributed by atoms with Crippen LogP contribution in [0, 0.1) is 6.92 Å². The van der Waals surface area contributed by atoms with Crippen LogP contribution in [-0.4, -0.2) is 24.8 Å². The Bertz CT molecular complexity index is 315. The third-order valence-electron chi connectivity index (χ3n) is 1.95. The highest BCUT2D eigenvalue weighted by Crippen LogP contribution is 2.13. The number of hydrogen-bond acceptors (Lipinski definition) is 4. The monoisotopic (exact) mass is 210 g/mol. The molecule has 0 saturated heterocycles. The highest BCUT2D eigenvalue weighted by molar-refractivity contribution is 5.24. The Balaban J connectivity index is 2.71.